The number of hydrogen-bond donors (Lipinski definition) is 1. The minimum Gasteiger partial charge on any atom is -0.305 e. The molecule has 0 unspecified atom stereocenters. The Kier molecular flexibility index (Phi) is 3.55. The van der Waals surface area contributed by atoms with E-state index in [0.717, 1.165) is 12.3 Å². The molecule has 9 heteroatoms. The van der Waals surface area contributed by atoms with Crippen LogP contribution in [-0.2, 0) is 0 Å². The molecule has 0 bridgehead atoms. The molecule has 0 saturated heterocycles. The number of aromatic nitrogens is 2. The number of H-pyrrole nitrogens is 1. The van der Waals surface area contributed by atoms with E-state index in [2.05, 4.69) is 9.97 Å². The maximum atomic E-state index is 13.9. The highest BCUT2D eigenvalue weighted by Crippen LogP contribution is 2.29. The Morgan fingerprint density at radius 1 is 1.37 bits per heavy atom. The summed E-state index contributed by atoms with van der Waals surface area (Å²) in [6.07, 6.45) is 1.12. The van der Waals surface area contributed by atoms with Crippen molar-refractivity contribution in [3.05, 3.63) is 54.0 Å². The lowest BCUT2D eigenvalue weighted by atomic mass is 10.1. The highest BCUT2D eigenvalue weighted by atomic mass is 127. The largest absolute Gasteiger partial charge is 0.305 e. The molecule has 0 radical (unpaired) electrons. The minimum atomic E-state index is -1.38. The van der Waals surface area contributed by atoms with Crippen LogP contribution >= 0.6 is 22.6 Å². The SMILES string of the molecule is O=c1[nH]c(-c2c(F)ccc([N+](=O)[O-])c2F)ncc1I. The number of nitro benzene ring substituents is 1. The highest BCUT2D eigenvalue weighted by molar-refractivity contribution is 14.1. The molecule has 0 spiro atoms. The smallest absolute Gasteiger partial charge is 0.305 e. The van der Waals surface area contributed by atoms with Crippen molar-refractivity contribution in [2.75, 3.05) is 0 Å². The van der Waals surface area contributed by atoms with Gasteiger partial charge in [-0.3, -0.25) is 14.9 Å². The van der Waals surface area contributed by atoms with Crippen molar-refractivity contribution in [1.82, 2.24) is 9.97 Å². The number of nitrogens with one attached hydrogen (secondary N) is 1. The molecule has 0 fully saturated rings. The zero-order valence-corrected chi connectivity index (χ0v) is 11.1. The normalized spacial score (nSPS) is 10.5. The first-order valence-electron chi connectivity index (χ1n) is 4.79. The van der Waals surface area contributed by atoms with Crippen molar-refractivity contribution >= 4 is 28.3 Å². The minimum absolute atomic E-state index is 0.229. The van der Waals surface area contributed by atoms with Crippen molar-refractivity contribution in [2.45, 2.75) is 0 Å². The predicted molar refractivity (Wildman–Crippen MR) is 69.6 cm³/mol. The van der Waals surface area contributed by atoms with E-state index in [4.69, 9.17) is 0 Å². The summed E-state index contributed by atoms with van der Waals surface area (Å²) in [7, 11) is 0. The first-order chi connectivity index (χ1) is 8.91. The van der Waals surface area contributed by atoms with Gasteiger partial charge in [0.2, 0.25) is 5.82 Å². The number of rotatable bonds is 2. The maximum Gasteiger partial charge on any atom is 0.305 e. The van der Waals surface area contributed by atoms with Gasteiger partial charge in [0.25, 0.3) is 5.56 Å². The van der Waals surface area contributed by atoms with Gasteiger partial charge in [0.1, 0.15) is 11.6 Å². The third-order valence-electron chi connectivity index (χ3n) is 2.26. The number of nitrogens with zero attached hydrogens (tertiary/aromatic N) is 2. The molecular formula is C10H4F2IN3O3. The molecule has 0 aliphatic rings. The summed E-state index contributed by atoms with van der Waals surface area (Å²) in [4.78, 5) is 26.8. The van der Waals surface area contributed by atoms with Gasteiger partial charge >= 0.3 is 5.69 Å². The van der Waals surface area contributed by atoms with E-state index in [1.54, 1.807) is 22.6 Å². The Bertz CT molecular complexity index is 732. The predicted octanol–water partition coefficient (Wildman–Crippen LogP) is 2.23. The van der Waals surface area contributed by atoms with Crippen LogP contribution in [0.2, 0.25) is 0 Å². The van der Waals surface area contributed by atoms with Crippen LogP contribution in [-0.4, -0.2) is 14.9 Å². The number of hydrogen-bond acceptors (Lipinski definition) is 4. The summed E-state index contributed by atoms with van der Waals surface area (Å²) in [5.74, 6) is -2.83. The second-order valence-corrected chi connectivity index (χ2v) is 4.58. The molecule has 19 heavy (non-hydrogen) atoms. The molecule has 0 saturated carbocycles. The van der Waals surface area contributed by atoms with Crippen molar-refractivity contribution in [3.8, 4) is 11.4 Å². The van der Waals surface area contributed by atoms with E-state index in [1.165, 1.54) is 0 Å². The van der Waals surface area contributed by atoms with Crippen LogP contribution in [0.15, 0.2) is 23.1 Å². The lowest BCUT2D eigenvalue weighted by Crippen LogP contribution is -2.13. The lowest BCUT2D eigenvalue weighted by Gasteiger charge is -2.04. The second-order valence-electron chi connectivity index (χ2n) is 3.42. The Labute approximate surface area is 117 Å². The Morgan fingerprint density at radius 3 is 2.63 bits per heavy atom. The van der Waals surface area contributed by atoms with Gasteiger partial charge in [-0.1, -0.05) is 0 Å². The second kappa shape index (κ2) is 4.99. The summed E-state index contributed by atoms with van der Waals surface area (Å²) in [5.41, 5.74) is -2.21. The first-order valence-corrected chi connectivity index (χ1v) is 5.87. The van der Waals surface area contributed by atoms with Crippen molar-refractivity contribution in [3.63, 3.8) is 0 Å². The van der Waals surface area contributed by atoms with Crippen LogP contribution < -0.4 is 5.56 Å². The fraction of sp³-hybridized carbons (Fsp3) is 0. The van der Waals surface area contributed by atoms with Crippen LogP contribution in [0.3, 0.4) is 0 Å². The van der Waals surface area contributed by atoms with E-state index < -0.39 is 39.2 Å². The van der Waals surface area contributed by atoms with Gasteiger partial charge in [0.15, 0.2) is 0 Å². The molecule has 0 atom stereocenters. The van der Waals surface area contributed by atoms with Gasteiger partial charge in [0.05, 0.1) is 14.1 Å². The third-order valence-corrected chi connectivity index (χ3v) is 3.03. The average molecular weight is 379 g/mol. The first kappa shape index (κ1) is 13.5. The van der Waals surface area contributed by atoms with Gasteiger partial charge in [-0.05, 0) is 28.7 Å². The zero-order chi connectivity index (χ0) is 14.2. The van der Waals surface area contributed by atoms with Crippen LogP contribution in [0.5, 0.6) is 0 Å². The van der Waals surface area contributed by atoms with E-state index in [9.17, 15) is 23.7 Å². The molecule has 2 rings (SSSR count). The summed E-state index contributed by atoms with van der Waals surface area (Å²) in [6, 6.07) is 1.45. The zero-order valence-electron chi connectivity index (χ0n) is 8.99. The number of aromatic amines is 1. The van der Waals surface area contributed by atoms with Gasteiger partial charge in [-0.15, -0.1) is 0 Å². The van der Waals surface area contributed by atoms with Gasteiger partial charge in [0, 0.05) is 12.3 Å². The van der Waals surface area contributed by atoms with Crippen molar-refractivity contribution < 1.29 is 13.7 Å². The van der Waals surface area contributed by atoms with Crippen molar-refractivity contribution in [2.24, 2.45) is 0 Å². The summed E-state index contributed by atoms with van der Waals surface area (Å²) >= 11 is 1.69. The Morgan fingerprint density at radius 2 is 2.05 bits per heavy atom. The quantitative estimate of drug-likeness (QED) is 0.493. The molecule has 6 nitrogen and oxygen atoms in total. The molecule has 1 heterocycles. The topological polar surface area (TPSA) is 88.9 Å². The summed E-state index contributed by atoms with van der Waals surface area (Å²) in [5, 5.41) is 10.6. The summed E-state index contributed by atoms with van der Waals surface area (Å²) in [6.45, 7) is 0. The van der Waals surface area contributed by atoms with E-state index in [1.807, 2.05) is 0 Å². The van der Waals surface area contributed by atoms with Gasteiger partial charge < -0.3 is 4.98 Å². The Hall–Kier alpha value is -1.91. The van der Waals surface area contributed by atoms with Crippen LogP contribution in [0, 0.1) is 25.3 Å². The van der Waals surface area contributed by atoms with Crippen LogP contribution in [0.1, 0.15) is 0 Å². The lowest BCUT2D eigenvalue weighted by molar-refractivity contribution is -0.387. The highest BCUT2D eigenvalue weighted by Gasteiger charge is 2.24. The monoisotopic (exact) mass is 379 g/mol. The third kappa shape index (κ3) is 2.45. The Balaban J connectivity index is 2.74. The fourth-order valence-corrected chi connectivity index (χ4v) is 1.68. The molecule has 2 aromatic rings. The molecule has 1 aromatic heterocycles. The van der Waals surface area contributed by atoms with Crippen LogP contribution in [0.4, 0.5) is 14.5 Å². The molecule has 98 valence electrons. The number of benzene rings is 1. The molecule has 1 aromatic carbocycles. The van der Waals surface area contributed by atoms with E-state index in [-0.39, 0.29) is 3.57 Å². The average Bonchev–Trinajstić information content (AvgIpc) is 2.33. The van der Waals surface area contributed by atoms with Crippen LogP contribution in [0.25, 0.3) is 11.4 Å². The molecule has 0 aliphatic carbocycles. The number of nitro groups is 1. The number of halogens is 3. The van der Waals surface area contributed by atoms with Crippen molar-refractivity contribution in [1.29, 1.82) is 0 Å². The van der Waals surface area contributed by atoms with E-state index >= 15 is 0 Å². The van der Waals surface area contributed by atoms with Gasteiger partial charge in [-0.25, -0.2) is 9.37 Å². The molecule has 0 aliphatic heterocycles. The fourth-order valence-electron chi connectivity index (χ4n) is 1.41. The summed E-state index contributed by atoms with van der Waals surface area (Å²) < 4.78 is 27.7. The van der Waals surface area contributed by atoms with Gasteiger partial charge in [-0.2, -0.15) is 4.39 Å². The molecular weight excluding hydrogens is 375 g/mol. The molecule has 0 amide bonds. The van der Waals surface area contributed by atoms with E-state index in [0.29, 0.717) is 6.07 Å². The standard InChI is InChI=1S/C10H4F2IN3O3/c11-4-1-2-6(16(18)19)8(12)7(4)9-14-3-5(13)10(17)15-9/h1-3H,(H,14,15,17). The maximum absolute atomic E-state index is 13.9. The molecule has 1 N–H and O–H groups in total.